The fourth-order valence-electron chi connectivity index (χ4n) is 2.83. The number of nitrogens with zero attached hydrogens (tertiary/aromatic N) is 3. The van der Waals surface area contributed by atoms with Gasteiger partial charge in [0.25, 0.3) is 0 Å². The van der Waals surface area contributed by atoms with Gasteiger partial charge in [-0.05, 0) is 25.9 Å². The number of rotatable bonds is 4. The van der Waals surface area contributed by atoms with Crippen LogP contribution in [0.4, 0.5) is 13.2 Å². The molecule has 5 nitrogen and oxygen atoms in total. The highest BCUT2D eigenvalue weighted by molar-refractivity contribution is 5.88. The van der Waals surface area contributed by atoms with E-state index in [0.29, 0.717) is 0 Å². The zero-order valence-corrected chi connectivity index (χ0v) is 13.0. The Hall–Kier alpha value is -1.57. The third-order valence-corrected chi connectivity index (χ3v) is 4.12. The van der Waals surface area contributed by atoms with Crippen molar-refractivity contribution in [2.45, 2.75) is 25.4 Å². The molecule has 2 fully saturated rings. The van der Waals surface area contributed by atoms with Crippen LogP contribution >= 0.6 is 0 Å². The molecule has 0 unspecified atom stereocenters. The Morgan fingerprint density at radius 1 is 0.913 bits per heavy atom. The smallest absolute Gasteiger partial charge is 0.339 e. The summed E-state index contributed by atoms with van der Waals surface area (Å²) in [5.74, 6) is -1.07. The van der Waals surface area contributed by atoms with Gasteiger partial charge in [-0.15, -0.1) is 0 Å². The molecular weight excluding hydrogens is 311 g/mol. The molecule has 0 saturated carbocycles. The van der Waals surface area contributed by atoms with Gasteiger partial charge in [0, 0.05) is 38.8 Å². The Morgan fingerprint density at radius 2 is 1.48 bits per heavy atom. The van der Waals surface area contributed by atoms with Crippen molar-refractivity contribution in [2.24, 2.45) is 0 Å². The first-order chi connectivity index (χ1) is 10.8. The first-order valence-electron chi connectivity index (χ1n) is 7.87. The van der Waals surface area contributed by atoms with E-state index >= 15 is 0 Å². The topological polar surface area (TPSA) is 43.9 Å². The molecule has 8 heteroatoms. The molecule has 0 aromatic carbocycles. The Labute approximate surface area is 133 Å². The molecule has 2 rings (SSSR count). The predicted octanol–water partition coefficient (Wildman–Crippen LogP) is 1.26. The number of likely N-dealkylation sites (tertiary alicyclic amines) is 1. The molecule has 2 aliphatic heterocycles. The lowest BCUT2D eigenvalue weighted by atomic mass is 10.2. The average Bonchev–Trinajstić information content (AvgIpc) is 2.99. The molecule has 2 aliphatic rings. The van der Waals surface area contributed by atoms with Crippen LogP contribution in [0, 0.1) is 0 Å². The van der Waals surface area contributed by atoms with Crippen LogP contribution in [-0.2, 0) is 9.59 Å². The third-order valence-electron chi connectivity index (χ3n) is 4.12. The number of halogens is 3. The minimum Gasteiger partial charge on any atom is -0.339 e. The number of carbonyl (C=O) groups is 2. The van der Waals surface area contributed by atoms with Gasteiger partial charge in [0.15, 0.2) is 0 Å². The maximum atomic E-state index is 12.2. The molecule has 0 spiro atoms. The lowest BCUT2D eigenvalue weighted by Gasteiger charge is -2.34. The van der Waals surface area contributed by atoms with Crippen LogP contribution in [0.3, 0.4) is 0 Å². The van der Waals surface area contributed by atoms with E-state index in [1.165, 1.54) is 23.8 Å². The van der Waals surface area contributed by atoms with Crippen molar-refractivity contribution in [1.29, 1.82) is 0 Å². The lowest BCUT2D eigenvalue weighted by Crippen LogP contribution is -2.50. The zero-order valence-electron chi connectivity index (χ0n) is 13.0. The molecule has 0 radical (unpaired) electrons. The van der Waals surface area contributed by atoms with E-state index in [-0.39, 0.29) is 32.1 Å². The summed E-state index contributed by atoms with van der Waals surface area (Å²) in [6.07, 6.45) is -0.190. The number of carbonyl (C=O) groups excluding carboxylic acids is 2. The first-order valence-corrected chi connectivity index (χ1v) is 7.87. The average molecular weight is 333 g/mol. The molecule has 2 heterocycles. The Balaban J connectivity index is 1.71. The number of hydrogen-bond acceptors (Lipinski definition) is 3. The highest BCUT2D eigenvalue weighted by Gasteiger charge is 2.34. The molecule has 2 saturated heterocycles. The van der Waals surface area contributed by atoms with Crippen LogP contribution in [-0.4, -0.2) is 78.5 Å². The van der Waals surface area contributed by atoms with Crippen molar-refractivity contribution in [3.05, 3.63) is 12.2 Å². The molecule has 0 atom stereocenters. The summed E-state index contributed by atoms with van der Waals surface area (Å²) in [5.41, 5.74) is 0. The van der Waals surface area contributed by atoms with Crippen LogP contribution in [0.5, 0.6) is 0 Å². The van der Waals surface area contributed by atoms with Crippen molar-refractivity contribution in [2.75, 3.05) is 45.8 Å². The minimum atomic E-state index is -4.48. The summed E-state index contributed by atoms with van der Waals surface area (Å²) in [5, 5.41) is 0. The molecule has 2 amide bonds. The minimum absolute atomic E-state index is 0.146. The lowest BCUT2D eigenvalue weighted by molar-refractivity contribution is -0.163. The standard InChI is InChI=1S/C15H22F3N3O2/c16-15(17,18)12-14(23)21-10-8-20(9-11-21)13(22)4-3-7-19-5-1-2-6-19/h3-4H,1-2,5-12H2/b4-3+. The van der Waals surface area contributed by atoms with Crippen LogP contribution in [0.2, 0.25) is 0 Å². The zero-order chi connectivity index (χ0) is 16.9. The van der Waals surface area contributed by atoms with Crippen molar-refractivity contribution in [3.63, 3.8) is 0 Å². The summed E-state index contributed by atoms with van der Waals surface area (Å²) >= 11 is 0. The van der Waals surface area contributed by atoms with Gasteiger partial charge in [0.05, 0.1) is 0 Å². The normalized spacial score (nSPS) is 20.5. The summed E-state index contributed by atoms with van der Waals surface area (Å²) in [6, 6.07) is 0. The fraction of sp³-hybridized carbons (Fsp3) is 0.733. The molecule has 0 N–H and O–H groups in total. The van der Waals surface area contributed by atoms with Crippen molar-refractivity contribution >= 4 is 11.8 Å². The molecule has 0 aromatic rings. The number of amides is 2. The van der Waals surface area contributed by atoms with Gasteiger partial charge in [-0.25, -0.2) is 0 Å². The van der Waals surface area contributed by atoms with E-state index in [0.717, 1.165) is 19.6 Å². The van der Waals surface area contributed by atoms with E-state index in [1.54, 1.807) is 4.90 Å². The van der Waals surface area contributed by atoms with E-state index in [2.05, 4.69) is 4.90 Å². The van der Waals surface area contributed by atoms with E-state index < -0.39 is 18.5 Å². The SMILES string of the molecule is O=C(/C=C/CN1CCCC1)N1CCN(C(=O)CC(F)(F)F)CC1. The quantitative estimate of drug-likeness (QED) is 0.728. The first kappa shape index (κ1) is 17.8. The maximum absolute atomic E-state index is 12.2. The van der Waals surface area contributed by atoms with Gasteiger partial charge in [-0.1, -0.05) is 6.08 Å². The molecule has 23 heavy (non-hydrogen) atoms. The van der Waals surface area contributed by atoms with Crippen molar-refractivity contribution in [1.82, 2.24) is 14.7 Å². The van der Waals surface area contributed by atoms with Crippen LogP contribution in [0.1, 0.15) is 19.3 Å². The summed E-state index contributed by atoms with van der Waals surface area (Å²) in [4.78, 5) is 28.5. The van der Waals surface area contributed by atoms with E-state index in [9.17, 15) is 22.8 Å². The Bertz CT molecular complexity index is 451. The van der Waals surface area contributed by atoms with Crippen LogP contribution < -0.4 is 0 Å². The molecular formula is C15H22F3N3O2. The largest absolute Gasteiger partial charge is 0.397 e. The highest BCUT2D eigenvalue weighted by Crippen LogP contribution is 2.21. The second-order valence-electron chi connectivity index (χ2n) is 5.91. The van der Waals surface area contributed by atoms with Gasteiger partial charge in [-0.2, -0.15) is 13.2 Å². The number of hydrogen-bond donors (Lipinski definition) is 0. The van der Waals surface area contributed by atoms with Gasteiger partial charge in [-0.3, -0.25) is 14.5 Å². The maximum Gasteiger partial charge on any atom is 0.397 e. The highest BCUT2D eigenvalue weighted by atomic mass is 19.4. The monoisotopic (exact) mass is 333 g/mol. The van der Waals surface area contributed by atoms with Gasteiger partial charge in [0.1, 0.15) is 6.42 Å². The summed E-state index contributed by atoms with van der Waals surface area (Å²) in [7, 11) is 0. The van der Waals surface area contributed by atoms with Crippen molar-refractivity contribution < 1.29 is 22.8 Å². The summed E-state index contributed by atoms with van der Waals surface area (Å²) in [6.45, 7) is 3.71. The second kappa shape index (κ2) is 7.81. The van der Waals surface area contributed by atoms with Crippen molar-refractivity contribution in [3.8, 4) is 0 Å². The van der Waals surface area contributed by atoms with E-state index in [4.69, 9.17) is 0 Å². The predicted molar refractivity (Wildman–Crippen MR) is 78.6 cm³/mol. The van der Waals surface area contributed by atoms with Crippen LogP contribution in [0.15, 0.2) is 12.2 Å². The fourth-order valence-corrected chi connectivity index (χ4v) is 2.83. The third kappa shape index (κ3) is 5.85. The van der Waals surface area contributed by atoms with Gasteiger partial charge >= 0.3 is 6.18 Å². The summed E-state index contributed by atoms with van der Waals surface area (Å²) < 4.78 is 36.6. The Morgan fingerprint density at radius 3 is 2.04 bits per heavy atom. The molecule has 0 aliphatic carbocycles. The molecule has 0 bridgehead atoms. The molecule has 130 valence electrons. The van der Waals surface area contributed by atoms with Gasteiger partial charge < -0.3 is 9.80 Å². The van der Waals surface area contributed by atoms with E-state index in [1.807, 2.05) is 6.08 Å². The van der Waals surface area contributed by atoms with Gasteiger partial charge in [0.2, 0.25) is 11.8 Å². The van der Waals surface area contributed by atoms with Crippen LogP contribution in [0.25, 0.3) is 0 Å². The number of piperazine rings is 1. The Kier molecular flexibility index (Phi) is 6.04. The number of alkyl halides is 3. The molecule has 0 aromatic heterocycles. The second-order valence-corrected chi connectivity index (χ2v) is 5.91.